The molecule has 2 aromatic carbocycles. The summed E-state index contributed by atoms with van der Waals surface area (Å²) in [5.74, 6) is 0.839. The molecule has 0 aliphatic carbocycles. The minimum atomic E-state index is -0.404. The van der Waals surface area contributed by atoms with Crippen LogP contribution in [0, 0.1) is 13.8 Å². The van der Waals surface area contributed by atoms with Gasteiger partial charge < -0.3 is 13.7 Å². The lowest BCUT2D eigenvalue weighted by Crippen LogP contribution is -2.08. The quantitative estimate of drug-likeness (QED) is 0.313. The van der Waals surface area contributed by atoms with Crippen molar-refractivity contribution in [2.45, 2.75) is 33.1 Å². The number of unbranched alkanes of at least 4 members (excludes halogenated alkanes) is 1. The first-order valence-electron chi connectivity index (χ1n) is 11.2. The molecular weight excluding hydrogens is 466 g/mol. The SMILES string of the molecule is COc1c(C)cc(/C(=C/CCCc2ncon2)c2cc(C)c3oc(=O)n(C)c3c2)cc1C(=O)SC. The van der Waals surface area contributed by atoms with E-state index in [1.807, 2.05) is 38.1 Å². The second kappa shape index (κ2) is 10.4. The third-order valence-electron chi connectivity index (χ3n) is 5.95. The van der Waals surface area contributed by atoms with Crippen LogP contribution in [0.5, 0.6) is 5.75 Å². The number of aryl methyl sites for hydroxylation is 4. The lowest BCUT2D eigenvalue weighted by molar-refractivity contribution is 0.108. The summed E-state index contributed by atoms with van der Waals surface area (Å²) in [6, 6.07) is 7.86. The second-order valence-corrected chi connectivity index (χ2v) is 9.07. The molecule has 0 spiro atoms. The summed E-state index contributed by atoms with van der Waals surface area (Å²) >= 11 is 1.15. The number of methoxy groups -OCH3 is 1. The fourth-order valence-electron chi connectivity index (χ4n) is 4.22. The molecule has 0 aliphatic rings. The standard InChI is InChI=1S/C26H27N3O5S/c1-15-10-17(12-20(23(15)32-4)25(30)35-5)19(8-6-7-9-22-27-14-33-28-22)18-11-16(2)24-21(13-18)29(3)26(31)34-24/h8,10-14H,6-7,9H2,1-5H3/b19-8-. The average Bonchev–Trinajstić information content (AvgIpc) is 3.46. The van der Waals surface area contributed by atoms with E-state index in [0.717, 1.165) is 52.4 Å². The van der Waals surface area contributed by atoms with Crippen molar-refractivity contribution in [1.82, 2.24) is 14.7 Å². The van der Waals surface area contributed by atoms with Crippen LogP contribution in [0.25, 0.3) is 16.7 Å². The Balaban J connectivity index is 1.84. The molecule has 0 saturated heterocycles. The van der Waals surface area contributed by atoms with Crippen LogP contribution in [-0.2, 0) is 13.5 Å². The fraction of sp³-hybridized carbons (Fsp3) is 0.308. The topological polar surface area (TPSA) is 100 Å². The van der Waals surface area contributed by atoms with E-state index in [4.69, 9.17) is 13.7 Å². The van der Waals surface area contributed by atoms with Crippen molar-refractivity contribution in [2.24, 2.45) is 7.05 Å². The summed E-state index contributed by atoms with van der Waals surface area (Å²) in [4.78, 5) is 28.9. The second-order valence-electron chi connectivity index (χ2n) is 8.29. The highest BCUT2D eigenvalue weighted by molar-refractivity contribution is 8.13. The normalized spacial score (nSPS) is 11.9. The fourth-order valence-corrected chi connectivity index (χ4v) is 4.59. The van der Waals surface area contributed by atoms with Gasteiger partial charge in [0.05, 0.1) is 18.2 Å². The number of allylic oxidation sites excluding steroid dienone is 1. The lowest BCUT2D eigenvalue weighted by atomic mass is 9.92. The molecule has 4 rings (SSSR count). The third-order valence-corrected chi connectivity index (χ3v) is 6.54. The van der Waals surface area contributed by atoms with Gasteiger partial charge in [0.2, 0.25) is 11.5 Å². The Hall–Kier alpha value is -3.59. The summed E-state index contributed by atoms with van der Waals surface area (Å²) in [5.41, 5.74) is 6.33. The van der Waals surface area contributed by atoms with Gasteiger partial charge in [0.15, 0.2) is 11.4 Å². The monoisotopic (exact) mass is 493 g/mol. The number of aromatic nitrogens is 3. The van der Waals surface area contributed by atoms with Crippen LogP contribution in [0.4, 0.5) is 0 Å². The molecule has 0 N–H and O–H groups in total. The van der Waals surface area contributed by atoms with Gasteiger partial charge in [-0.1, -0.05) is 23.0 Å². The predicted octanol–water partition coefficient (Wildman–Crippen LogP) is 5.10. The molecule has 4 aromatic rings. The molecule has 0 fully saturated rings. The maximum atomic E-state index is 12.7. The van der Waals surface area contributed by atoms with Gasteiger partial charge in [-0.3, -0.25) is 9.36 Å². The van der Waals surface area contributed by atoms with Gasteiger partial charge in [0.25, 0.3) is 0 Å². The smallest absolute Gasteiger partial charge is 0.419 e. The third kappa shape index (κ3) is 4.95. The first-order valence-corrected chi connectivity index (χ1v) is 12.4. The maximum absolute atomic E-state index is 12.7. The molecule has 0 aliphatic heterocycles. The van der Waals surface area contributed by atoms with E-state index in [1.54, 1.807) is 20.4 Å². The summed E-state index contributed by atoms with van der Waals surface area (Å²) in [6.45, 7) is 3.85. The van der Waals surface area contributed by atoms with E-state index in [2.05, 4.69) is 16.2 Å². The zero-order valence-electron chi connectivity index (χ0n) is 20.4. The first kappa shape index (κ1) is 24.5. The molecule has 0 atom stereocenters. The van der Waals surface area contributed by atoms with Gasteiger partial charge in [-0.05, 0) is 85.0 Å². The van der Waals surface area contributed by atoms with E-state index in [0.29, 0.717) is 34.7 Å². The molecule has 2 heterocycles. The van der Waals surface area contributed by atoms with Crippen molar-refractivity contribution < 1.29 is 18.5 Å². The van der Waals surface area contributed by atoms with Gasteiger partial charge in [0, 0.05) is 13.5 Å². The minimum Gasteiger partial charge on any atom is -0.496 e. The van der Waals surface area contributed by atoms with Crippen LogP contribution < -0.4 is 10.5 Å². The Labute approximate surface area is 207 Å². The van der Waals surface area contributed by atoms with Crippen LogP contribution in [-0.4, -0.2) is 33.2 Å². The Morgan fingerprint density at radius 3 is 2.60 bits per heavy atom. The summed E-state index contributed by atoms with van der Waals surface area (Å²) in [5, 5.41) is 3.81. The Morgan fingerprint density at radius 2 is 1.91 bits per heavy atom. The number of benzene rings is 2. The molecule has 35 heavy (non-hydrogen) atoms. The molecule has 0 bridgehead atoms. The van der Waals surface area contributed by atoms with Gasteiger partial charge in [-0.25, -0.2) is 4.79 Å². The van der Waals surface area contributed by atoms with Gasteiger partial charge in [-0.15, -0.1) is 0 Å². The van der Waals surface area contributed by atoms with E-state index in [1.165, 1.54) is 11.0 Å². The lowest BCUT2D eigenvalue weighted by Gasteiger charge is -2.16. The van der Waals surface area contributed by atoms with E-state index < -0.39 is 5.76 Å². The van der Waals surface area contributed by atoms with Crippen molar-refractivity contribution in [3.05, 3.63) is 80.9 Å². The van der Waals surface area contributed by atoms with E-state index >= 15 is 0 Å². The number of hydrogen-bond donors (Lipinski definition) is 0. The van der Waals surface area contributed by atoms with Crippen LogP contribution in [0.3, 0.4) is 0 Å². The summed E-state index contributed by atoms with van der Waals surface area (Å²) < 4.78 is 17.3. The maximum Gasteiger partial charge on any atom is 0.419 e. The molecule has 2 aromatic heterocycles. The molecule has 0 radical (unpaired) electrons. The van der Waals surface area contributed by atoms with Gasteiger partial charge in [-0.2, -0.15) is 4.98 Å². The zero-order chi connectivity index (χ0) is 25.1. The number of carbonyl (C=O) groups excluding carboxylic acids is 1. The molecule has 8 nitrogen and oxygen atoms in total. The summed E-state index contributed by atoms with van der Waals surface area (Å²) in [7, 11) is 3.27. The average molecular weight is 494 g/mol. The number of nitrogens with zero attached hydrogens (tertiary/aromatic N) is 3. The van der Waals surface area contributed by atoms with Crippen molar-refractivity contribution >= 4 is 33.5 Å². The number of carbonyl (C=O) groups is 1. The molecule has 0 unspecified atom stereocenters. The Morgan fingerprint density at radius 1 is 1.17 bits per heavy atom. The largest absolute Gasteiger partial charge is 0.496 e. The Kier molecular flexibility index (Phi) is 7.25. The van der Waals surface area contributed by atoms with Gasteiger partial charge in [0.1, 0.15) is 5.75 Å². The highest BCUT2D eigenvalue weighted by Gasteiger charge is 2.19. The highest BCUT2D eigenvalue weighted by atomic mass is 32.2. The zero-order valence-corrected chi connectivity index (χ0v) is 21.2. The summed E-state index contributed by atoms with van der Waals surface area (Å²) in [6.07, 6.45) is 7.49. The van der Waals surface area contributed by atoms with Crippen LogP contribution >= 0.6 is 11.8 Å². The van der Waals surface area contributed by atoms with Crippen molar-refractivity contribution in [2.75, 3.05) is 13.4 Å². The number of oxazole rings is 1. The predicted molar refractivity (Wildman–Crippen MR) is 136 cm³/mol. The van der Waals surface area contributed by atoms with Crippen LogP contribution in [0.1, 0.15) is 51.3 Å². The van der Waals surface area contributed by atoms with E-state index in [9.17, 15) is 9.59 Å². The van der Waals surface area contributed by atoms with E-state index in [-0.39, 0.29) is 5.12 Å². The number of rotatable bonds is 8. The minimum absolute atomic E-state index is 0.0629. The van der Waals surface area contributed by atoms with Crippen molar-refractivity contribution in [1.29, 1.82) is 0 Å². The van der Waals surface area contributed by atoms with Crippen LogP contribution in [0.2, 0.25) is 0 Å². The molecular formula is C26H27N3O5S. The number of fused-ring (bicyclic) bond motifs is 1. The Bertz CT molecular complexity index is 1460. The van der Waals surface area contributed by atoms with Crippen molar-refractivity contribution in [3.8, 4) is 5.75 Å². The van der Waals surface area contributed by atoms with Crippen molar-refractivity contribution in [3.63, 3.8) is 0 Å². The molecule has 182 valence electrons. The molecule has 9 heteroatoms. The number of thioether (sulfide) groups is 1. The van der Waals surface area contributed by atoms with Crippen LogP contribution in [0.15, 0.2) is 50.5 Å². The molecule has 0 amide bonds. The highest BCUT2D eigenvalue weighted by Crippen LogP contribution is 2.35. The molecule has 0 saturated carbocycles. The number of hydrogen-bond acceptors (Lipinski definition) is 8. The van der Waals surface area contributed by atoms with Gasteiger partial charge >= 0.3 is 5.76 Å². The first-order chi connectivity index (χ1) is 16.8. The number of ether oxygens (including phenoxy) is 1.